The first-order valence-electron chi connectivity index (χ1n) is 3.30. The molecule has 2 atom stereocenters. The maximum absolute atomic E-state index is 10.6. The van der Waals surface area contributed by atoms with Crippen molar-refractivity contribution in [2.24, 2.45) is 5.73 Å². The Bertz CT molecular complexity index is 236. The fourth-order valence-corrected chi connectivity index (χ4v) is 1.51. The van der Waals surface area contributed by atoms with E-state index in [0.29, 0.717) is 0 Å². The lowest BCUT2D eigenvalue weighted by Crippen LogP contribution is -2.56. The molecule has 0 heterocycles. The molecule has 0 aliphatic rings. The molecule has 0 aromatic carbocycles. The Labute approximate surface area is 70.8 Å². The van der Waals surface area contributed by atoms with Gasteiger partial charge in [-0.1, -0.05) is 0 Å². The monoisotopic (exact) mass is 199 g/mol. The topological polar surface area (TPSA) is 121 Å². The first-order chi connectivity index (χ1) is 5.25. The second-order valence-electron chi connectivity index (χ2n) is 2.58. The Morgan fingerprint density at radius 1 is 1.58 bits per heavy atom. The molecule has 12 heavy (non-hydrogen) atoms. The van der Waals surface area contributed by atoms with Crippen molar-refractivity contribution in [3.63, 3.8) is 0 Å². The molecule has 0 aliphatic heterocycles. The van der Waals surface area contributed by atoms with E-state index in [2.05, 4.69) is 0 Å². The highest BCUT2D eigenvalue weighted by Crippen LogP contribution is 2.18. The van der Waals surface area contributed by atoms with E-state index in [9.17, 15) is 8.42 Å². The van der Waals surface area contributed by atoms with Gasteiger partial charge < -0.3 is 15.9 Å². The molecule has 6 nitrogen and oxygen atoms in total. The zero-order valence-electron chi connectivity index (χ0n) is 6.64. The van der Waals surface area contributed by atoms with Gasteiger partial charge in [0.15, 0.2) is 4.87 Å². The molecule has 0 bridgehead atoms. The third kappa shape index (κ3) is 2.14. The highest BCUT2D eigenvalue weighted by Gasteiger charge is 2.43. The zero-order chi connectivity index (χ0) is 9.99. The molecule has 0 aromatic heterocycles. The van der Waals surface area contributed by atoms with Gasteiger partial charge in [-0.3, -0.25) is 4.55 Å². The number of nitrogens with two attached hydrogens (primary N) is 1. The average Bonchev–Trinajstić information content (AvgIpc) is 1.85. The van der Waals surface area contributed by atoms with Gasteiger partial charge in [0.25, 0.3) is 10.1 Å². The van der Waals surface area contributed by atoms with Gasteiger partial charge in [-0.25, -0.2) is 0 Å². The third-order valence-corrected chi connectivity index (χ3v) is 3.20. The maximum atomic E-state index is 10.6. The van der Waals surface area contributed by atoms with Crippen molar-refractivity contribution >= 4 is 10.1 Å². The predicted molar refractivity (Wildman–Crippen MR) is 41.9 cm³/mol. The summed E-state index contributed by atoms with van der Waals surface area (Å²) in [6.45, 7) is 0.602. The summed E-state index contributed by atoms with van der Waals surface area (Å²) in [6.07, 6.45) is -1.86. The fraction of sp³-hybridized carbons (Fsp3) is 1.00. The van der Waals surface area contributed by atoms with E-state index < -0.39 is 34.1 Å². The van der Waals surface area contributed by atoms with Crippen molar-refractivity contribution in [1.29, 1.82) is 0 Å². The van der Waals surface area contributed by atoms with Crippen LogP contribution in [0, 0.1) is 0 Å². The van der Waals surface area contributed by atoms with E-state index in [4.69, 9.17) is 20.5 Å². The molecule has 0 radical (unpaired) electrons. The lowest BCUT2D eigenvalue weighted by Gasteiger charge is -2.27. The van der Waals surface area contributed by atoms with Crippen molar-refractivity contribution < 1.29 is 23.2 Å². The average molecular weight is 199 g/mol. The van der Waals surface area contributed by atoms with E-state index in [1.807, 2.05) is 0 Å². The zero-order valence-corrected chi connectivity index (χ0v) is 7.45. The van der Waals surface area contributed by atoms with Crippen LogP contribution in [-0.4, -0.2) is 40.8 Å². The van der Waals surface area contributed by atoms with E-state index in [1.165, 1.54) is 0 Å². The Hall–Kier alpha value is -0.210. The summed E-state index contributed by atoms with van der Waals surface area (Å²) in [5.41, 5.74) is 5.18. The van der Waals surface area contributed by atoms with Crippen molar-refractivity contribution in [1.82, 2.24) is 0 Å². The van der Waals surface area contributed by atoms with Crippen LogP contribution >= 0.6 is 0 Å². The van der Waals surface area contributed by atoms with Gasteiger partial charge in [0.1, 0.15) is 0 Å². The number of aliphatic hydroxyl groups is 2. The summed E-state index contributed by atoms with van der Waals surface area (Å²) in [4.78, 5) is -2.18. The molecule has 0 fully saturated rings. The molecule has 74 valence electrons. The van der Waals surface area contributed by atoms with Crippen LogP contribution in [0.5, 0.6) is 0 Å². The van der Waals surface area contributed by atoms with E-state index in [-0.39, 0.29) is 0 Å². The SMILES string of the molecule is CC(O)C(N)(CCO)S(=O)(=O)O. The summed E-state index contributed by atoms with van der Waals surface area (Å²) in [7, 11) is -4.56. The number of rotatable bonds is 4. The van der Waals surface area contributed by atoms with Crippen LogP contribution in [0.15, 0.2) is 0 Å². The Kier molecular flexibility index (Phi) is 3.60. The standard InChI is InChI=1S/C5H13NO5S/c1-4(8)5(6,2-3-7)12(9,10)11/h4,7-8H,2-3,6H2,1H3,(H,9,10,11). The molecule has 0 amide bonds. The number of aliphatic hydroxyl groups excluding tert-OH is 2. The summed E-state index contributed by atoms with van der Waals surface area (Å²) < 4.78 is 29.9. The van der Waals surface area contributed by atoms with E-state index in [1.54, 1.807) is 0 Å². The molecular weight excluding hydrogens is 186 g/mol. The molecule has 0 saturated carbocycles. The van der Waals surface area contributed by atoms with Gasteiger partial charge in [-0.2, -0.15) is 8.42 Å². The Balaban J connectivity index is 4.89. The van der Waals surface area contributed by atoms with Crippen molar-refractivity contribution in [3.8, 4) is 0 Å². The minimum atomic E-state index is -4.56. The molecule has 0 saturated heterocycles. The normalized spacial score (nSPS) is 20.1. The highest BCUT2D eigenvalue weighted by molar-refractivity contribution is 7.87. The molecule has 2 unspecified atom stereocenters. The Morgan fingerprint density at radius 3 is 2.08 bits per heavy atom. The van der Waals surface area contributed by atoms with Crippen LogP contribution in [0.3, 0.4) is 0 Å². The van der Waals surface area contributed by atoms with Gasteiger partial charge in [-0.15, -0.1) is 0 Å². The van der Waals surface area contributed by atoms with Gasteiger partial charge in [0.05, 0.1) is 6.10 Å². The molecule has 0 spiro atoms. The minimum absolute atomic E-state index is 0.413. The molecule has 0 aliphatic carbocycles. The second kappa shape index (κ2) is 3.67. The van der Waals surface area contributed by atoms with Gasteiger partial charge in [0, 0.05) is 13.0 Å². The van der Waals surface area contributed by atoms with Gasteiger partial charge in [-0.05, 0) is 6.92 Å². The van der Waals surface area contributed by atoms with Crippen LogP contribution in [0.4, 0.5) is 0 Å². The first kappa shape index (κ1) is 11.8. The maximum Gasteiger partial charge on any atom is 0.286 e. The highest BCUT2D eigenvalue weighted by atomic mass is 32.2. The first-order valence-corrected chi connectivity index (χ1v) is 4.74. The fourth-order valence-electron chi connectivity index (χ4n) is 0.728. The largest absolute Gasteiger partial charge is 0.396 e. The smallest absolute Gasteiger partial charge is 0.286 e. The summed E-state index contributed by atoms with van der Waals surface area (Å²) in [5, 5.41) is 17.4. The third-order valence-electron chi connectivity index (χ3n) is 1.69. The number of hydrogen-bond acceptors (Lipinski definition) is 5. The predicted octanol–water partition coefficient (Wildman–Crippen LogP) is -1.71. The minimum Gasteiger partial charge on any atom is -0.396 e. The van der Waals surface area contributed by atoms with Crippen molar-refractivity contribution in [2.45, 2.75) is 24.3 Å². The van der Waals surface area contributed by atoms with Gasteiger partial charge >= 0.3 is 0 Å². The van der Waals surface area contributed by atoms with Crippen LogP contribution in [0.1, 0.15) is 13.3 Å². The summed E-state index contributed by atoms with van der Waals surface area (Å²) >= 11 is 0. The van der Waals surface area contributed by atoms with E-state index >= 15 is 0 Å². The summed E-state index contributed by atoms with van der Waals surface area (Å²) in [5.74, 6) is 0. The number of hydrogen-bond donors (Lipinski definition) is 4. The quantitative estimate of drug-likeness (QED) is 0.400. The molecule has 7 heteroatoms. The lowest BCUT2D eigenvalue weighted by atomic mass is 10.1. The molecule has 0 aromatic rings. The molecule has 5 N–H and O–H groups in total. The lowest BCUT2D eigenvalue weighted by molar-refractivity contribution is 0.117. The van der Waals surface area contributed by atoms with Crippen molar-refractivity contribution in [2.75, 3.05) is 6.61 Å². The van der Waals surface area contributed by atoms with Gasteiger partial charge in [0.2, 0.25) is 0 Å². The van der Waals surface area contributed by atoms with Crippen LogP contribution in [-0.2, 0) is 10.1 Å². The Morgan fingerprint density at radius 2 is 2.00 bits per heavy atom. The van der Waals surface area contributed by atoms with Crippen molar-refractivity contribution in [3.05, 3.63) is 0 Å². The van der Waals surface area contributed by atoms with Crippen LogP contribution < -0.4 is 5.73 Å². The summed E-state index contributed by atoms with van der Waals surface area (Å²) in [6, 6.07) is 0. The van der Waals surface area contributed by atoms with Crippen LogP contribution in [0.25, 0.3) is 0 Å². The van der Waals surface area contributed by atoms with E-state index in [0.717, 1.165) is 6.92 Å². The molecule has 0 rings (SSSR count). The van der Waals surface area contributed by atoms with Crippen LogP contribution in [0.2, 0.25) is 0 Å². The second-order valence-corrected chi connectivity index (χ2v) is 4.29. The molecular formula is C5H13NO5S.